The lowest BCUT2D eigenvalue weighted by molar-refractivity contribution is 0.316. The van der Waals surface area contributed by atoms with Crippen LogP contribution in [0.5, 0.6) is 0 Å². The van der Waals surface area contributed by atoms with E-state index in [4.69, 9.17) is 25.3 Å². The number of aryl methyl sites for hydroxylation is 2. The molecule has 0 fully saturated rings. The molecule has 2 aromatic carbocycles. The van der Waals surface area contributed by atoms with E-state index in [9.17, 15) is 0 Å². The summed E-state index contributed by atoms with van der Waals surface area (Å²) in [6, 6.07) is 20.1. The molecule has 0 amide bonds. The maximum Gasteiger partial charge on any atom is 0.0385 e. The highest BCUT2D eigenvalue weighted by Gasteiger charge is 2.45. The fourth-order valence-corrected chi connectivity index (χ4v) is 11.6. The third kappa shape index (κ3) is 27.7. The van der Waals surface area contributed by atoms with Crippen LogP contribution >= 0.6 is 50.5 Å². The zero-order valence-electron chi connectivity index (χ0n) is 42.3. The topological polar surface area (TPSA) is 0 Å². The number of hydrogen-bond acceptors (Lipinski definition) is 4. The molecule has 0 spiro atoms. The van der Waals surface area contributed by atoms with Crippen LogP contribution in [0.25, 0.3) is 0 Å². The van der Waals surface area contributed by atoms with E-state index >= 15 is 0 Å². The van der Waals surface area contributed by atoms with E-state index < -0.39 is 0 Å². The van der Waals surface area contributed by atoms with E-state index in [0.717, 1.165) is 30.8 Å². The van der Waals surface area contributed by atoms with Crippen molar-refractivity contribution in [3.8, 4) is 0 Å². The van der Waals surface area contributed by atoms with Gasteiger partial charge in [0.15, 0.2) is 0 Å². The number of benzene rings is 2. The van der Waals surface area contributed by atoms with Gasteiger partial charge in [-0.1, -0.05) is 255 Å². The molecule has 2 radical (unpaired) electrons. The van der Waals surface area contributed by atoms with Gasteiger partial charge in [0.2, 0.25) is 0 Å². The number of hydrogen-bond donors (Lipinski definition) is 4. The molecule has 2 rings (SSSR count). The Hall–Kier alpha value is -0.160. The molecule has 368 valence electrons. The van der Waals surface area contributed by atoms with Crippen LogP contribution in [0.15, 0.2) is 48.5 Å². The van der Waals surface area contributed by atoms with Crippen LogP contribution in [0.4, 0.5) is 0 Å². The predicted molar refractivity (Wildman–Crippen MR) is 305 cm³/mol. The number of unbranched alkanes of at least 4 members (excludes halogenated alkanes) is 30. The van der Waals surface area contributed by atoms with Gasteiger partial charge in [0.1, 0.15) is 0 Å². The average Bonchev–Trinajstić information content (AvgIpc) is 3.31. The Bertz CT molecular complexity index is 1260. The lowest BCUT2D eigenvalue weighted by atomic mass is 9.60. The lowest BCUT2D eigenvalue weighted by Crippen LogP contribution is -2.38. The quantitative estimate of drug-likeness (QED) is 0.0369. The van der Waals surface area contributed by atoms with Gasteiger partial charge in [-0.15, -0.1) is 0 Å². The van der Waals surface area contributed by atoms with Crippen molar-refractivity contribution >= 4 is 50.5 Å². The molecule has 0 aliphatic carbocycles. The zero-order valence-corrected chi connectivity index (χ0v) is 45.8. The molecule has 0 nitrogen and oxygen atoms in total. The van der Waals surface area contributed by atoms with Gasteiger partial charge < -0.3 is 0 Å². The summed E-state index contributed by atoms with van der Waals surface area (Å²) in [7, 11) is 0. The van der Waals surface area contributed by atoms with Crippen molar-refractivity contribution in [3.05, 3.63) is 81.8 Å². The van der Waals surface area contributed by atoms with Crippen molar-refractivity contribution in [2.24, 2.45) is 0 Å². The lowest BCUT2D eigenvalue weighted by Gasteiger charge is -2.46. The van der Waals surface area contributed by atoms with Crippen molar-refractivity contribution in [1.82, 2.24) is 0 Å². The Morgan fingerprint density at radius 3 is 1.22 bits per heavy atom. The maximum atomic E-state index is 5.75. The van der Waals surface area contributed by atoms with Crippen molar-refractivity contribution < 1.29 is 0 Å². The fourth-order valence-electron chi connectivity index (χ4n) is 10.4. The summed E-state index contributed by atoms with van der Waals surface area (Å²) in [4.78, 5) is 0. The van der Waals surface area contributed by atoms with Gasteiger partial charge in [0.05, 0.1) is 0 Å². The van der Waals surface area contributed by atoms with E-state index in [1.54, 1.807) is 0 Å². The normalized spacial score (nSPS) is 13.2. The monoisotopic (exact) mass is 953 g/mol. The van der Waals surface area contributed by atoms with Crippen molar-refractivity contribution in [2.75, 3.05) is 11.5 Å². The Morgan fingerprint density at radius 1 is 0.453 bits per heavy atom. The van der Waals surface area contributed by atoms with Gasteiger partial charge in [-0.25, -0.2) is 0 Å². The van der Waals surface area contributed by atoms with Gasteiger partial charge >= 0.3 is 0 Å². The Labute approximate surface area is 423 Å². The Morgan fingerprint density at radius 2 is 0.812 bits per heavy atom. The second-order valence-electron chi connectivity index (χ2n) is 19.9. The van der Waals surface area contributed by atoms with Crippen LogP contribution in [-0.2, 0) is 18.3 Å². The Balaban J connectivity index is 2.35. The van der Waals surface area contributed by atoms with E-state index in [1.165, 1.54) is 265 Å². The third-order valence-corrected chi connectivity index (χ3v) is 16.0. The average molecular weight is 954 g/mol. The summed E-state index contributed by atoms with van der Waals surface area (Å²) >= 11 is 19.3. The molecule has 0 saturated heterocycles. The van der Waals surface area contributed by atoms with Gasteiger partial charge in [-0.05, 0) is 104 Å². The molecular formula is C60H104S4. The summed E-state index contributed by atoms with van der Waals surface area (Å²) in [6.45, 7) is 4.63. The van der Waals surface area contributed by atoms with Crippen LogP contribution in [-0.4, -0.2) is 11.5 Å². The highest BCUT2D eigenvalue weighted by molar-refractivity contribution is 7.83. The van der Waals surface area contributed by atoms with Crippen molar-refractivity contribution in [3.63, 3.8) is 0 Å². The fraction of sp³-hybridized carbons (Fsp3) is 0.767. The van der Waals surface area contributed by atoms with E-state index in [1.807, 2.05) is 0 Å². The molecule has 64 heavy (non-hydrogen) atoms. The summed E-state index contributed by atoms with van der Waals surface area (Å²) < 4.78 is 0. The van der Waals surface area contributed by atoms with Crippen molar-refractivity contribution in [1.29, 1.82) is 0 Å². The van der Waals surface area contributed by atoms with Crippen LogP contribution in [0.2, 0.25) is 0 Å². The SMILES string of the molecule is CCCCCCCCCc1ccc(C(CC[CH]S)C(CCCCCCCCCCCCS)([C](S)CCCCCCCCCCCCS)c2ccc(CCCCCCCCC)cc2)cc1. The number of thiol groups is 4. The first-order valence-corrected chi connectivity index (χ1v) is 30.2. The van der Waals surface area contributed by atoms with E-state index in [2.05, 4.69) is 93.4 Å². The minimum absolute atomic E-state index is 0.113. The van der Waals surface area contributed by atoms with E-state index in [0.29, 0.717) is 5.92 Å². The van der Waals surface area contributed by atoms with Gasteiger partial charge in [-0.3, -0.25) is 0 Å². The second kappa shape index (κ2) is 42.9. The minimum Gasteiger partial charge on any atom is -0.179 e. The Kier molecular flexibility index (Phi) is 40.2. The summed E-state index contributed by atoms with van der Waals surface area (Å²) in [5, 5.41) is 1.44. The molecule has 0 aliphatic rings. The summed E-state index contributed by atoms with van der Waals surface area (Å²) in [6.07, 6.45) is 52.8. The van der Waals surface area contributed by atoms with Gasteiger partial charge in [0, 0.05) is 16.4 Å². The molecule has 0 N–H and O–H groups in total. The van der Waals surface area contributed by atoms with Crippen molar-refractivity contribution in [2.45, 2.75) is 282 Å². The first-order chi connectivity index (χ1) is 31.6. The first kappa shape index (κ1) is 60.0. The smallest absolute Gasteiger partial charge is 0.0385 e. The van der Waals surface area contributed by atoms with Gasteiger partial charge in [0.25, 0.3) is 0 Å². The highest BCUT2D eigenvalue weighted by atomic mass is 32.1. The summed E-state index contributed by atoms with van der Waals surface area (Å²) in [5.74, 6) is 4.56. The molecule has 0 saturated carbocycles. The first-order valence-electron chi connectivity index (χ1n) is 28.0. The molecular weight excluding hydrogens is 849 g/mol. The van der Waals surface area contributed by atoms with Crippen LogP contribution in [0.3, 0.4) is 0 Å². The number of rotatable bonds is 47. The van der Waals surface area contributed by atoms with Crippen LogP contribution in [0.1, 0.15) is 286 Å². The molecule has 4 heteroatoms. The molecule has 2 aromatic rings. The third-order valence-electron chi connectivity index (χ3n) is 14.5. The standard InChI is InChI=1S/C60H104S4/c1-3-5-7-9-19-25-31-38-54-42-46-56(47-43-54)58(40-37-53-63)60(50-34-28-22-16-12-14-18-24-30-36-52-62,59(64)41-33-27-21-15-11-13-17-23-29-35-51-61)57-48-44-55(45-49-57)39-32-26-20-10-8-6-4-2/h42-49,53,58,61-64H,3-41,50-52H2,1-2H3. The molecule has 2 unspecified atom stereocenters. The van der Waals surface area contributed by atoms with Crippen LogP contribution in [0, 0.1) is 11.0 Å². The maximum absolute atomic E-state index is 5.75. The highest BCUT2D eigenvalue weighted by Crippen LogP contribution is 2.55. The summed E-state index contributed by atoms with van der Waals surface area (Å²) in [5.41, 5.74) is 5.92. The van der Waals surface area contributed by atoms with E-state index in [-0.39, 0.29) is 5.41 Å². The zero-order chi connectivity index (χ0) is 46.0. The second-order valence-corrected chi connectivity index (χ2v) is 21.7. The molecule has 0 heterocycles. The minimum atomic E-state index is -0.113. The largest absolute Gasteiger partial charge is 0.179 e. The molecule has 0 bridgehead atoms. The van der Waals surface area contributed by atoms with Gasteiger partial charge in [-0.2, -0.15) is 50.5 Å². The predicted octanol–water partition coefficient (Wildman–Crippen LogP) is 21.1. The molecule has 2 atom stereocenters. The molecule has 0 aromatic heterocycles. The molecule has 0 aliphatic heterocycles. The van der Waals surface area contributed by atoms with Crippen LogP contribution < -0.4 is 0 Å².